The molecule has 1 aromatic heterocycles. The Morgan fingerprint density at radius 3 is 2.57 bits per heavy atom. The first-order valence-corrected chi connectivity index (χ1v) is 7.28. The second kappa shape index (κ2) is 7.47. The van der Waals surface area contributed by atoms with Crippen molar-refractivity contribution in [3.05, 3.63) is 42.1 Å². The maximum atomic E-state index is 5.71. The molecule has 112 valence electrons. The molecule has 0 aliphatic heterocycles. The van der Waals surface area contributed by atoms with Gasteiger partial charge in [-0.05, 0) is 31.0 Å². The van der Waals surface area contributed by atoms with E-state index in [0.29, 0.717) is 18.4 Å². The minimum atomic E-state index is 0.623. The van der Waals surface area contributed by atoms with Crippen LogP contribution in [0.5, 0.6) is 5.88 Å². The largest absolute Gasteiger partial charge is 0.478 e. The number of hydrogen-bond donors (Lipinski definition) is 1. The highest BCUT2D eigenvalue weighted by atomic mass is 16.5. The molecule has 0 fully saturated rings. The van der Waals surface area contributed by atoms with Crippen molar-refractivity contribution in [3.63, 3.8) is 0 Å². The van der Waals surface area contributed by atoms with Crippen LogP contribution >= 0.6 is 0 Å². The molecule has 2 rings (SSSR count). The number of anilines is 2. The monoisotopic (exact) mass is 286 g/mol. The smallest absolute Gasteiger partial charge is 0.228 e. The third-order valence-electron chi connectivity index (χ3n) is 3.09. The number of ether oxygens (including phenoxy) is 1. The molecule has 0 bridgehead atoms. The van der Waals surface area contributed by atoms with Crippen LogP contribution in [0.1, 0.15) is 25.8 Å². The SMILES string of the molecule is CCCOc1ccnc(N(CC)Cc2ccc(N)cc2)n1. The van der Waals surface area contributed by atoms with E-state index in [1.165, 1.54) is 5.56 Å². The summed E-state index contributed by atoms with van der Waals surface area (Å²) < 4.78 is 5.56. The highest BCUT2D eigenvalue weighted by Gasteiger charge is 2.09. The number of rotatable bonds is 7. The average molecular weight is 286 g/mol. The van der Waals surface area contributed by atoms with Crippen molar-refractivity contribution in [1.82, 2.24) is 9.97 Å². The number of aromatic nitrogens is 2. The summed E-state index contributed by atoms with van der Waals surface area (Å²) in [5.41, 5.74) is 7.66. The highest BCUT2D eigenvalue weighted by Crippen LogP contribution is 2.16. The van der Waals surface area contributed by atoms with E-state index >= 15 is 0 Å². The van der Waals surface area contributed by atoms with E-state index in [4.69, 9.17) is 10.5 Å². The first kappa shape index (κ1) is 15.1. The van der Waals surface area contributed by atoms with Gasteiger partial charge in [0, 0.05) is 31.0 Å². The van der Waals surface area contributed by atoms with Gasteiger partial charge in [-0.2, -0.15) is 4.98 Å². The van der Waals surface area contributed by atoms with Crippen molar-refractivity contribution in [1.29, 1.82) is 0 Å². The van der Waals surface area contributed by atoms with Crippen LogP contribution in [0.3, 0.4) is 0 Å². The summed E-state index contributed by atoms with van der Waals surface area (Å²) in [6.07, 6.45) is 2.70. The topological polar surface area (TPSA) is 64.3 Å². The molecule has 5 heteroatoms. The van der Waals surface area contributed by atoms with E-state index in [1.807, 2.05) is 24.3 Å². The lowest BCUT2D eigenvalue weighted by Gasteiger charge is -2.21. The summed E-state index contributed by atoms with van der Waals surface area (Å²) in [6, 6.07) is 9.65. The van der Waals surface area contributed by atoms with Crippen molar-refractivity contribution in [3.8, 4) is 5.88 Å². The molecule has 0 radical (unpaired) electrons. The molecular formula is C16H22N4O. The Morgan fingerprint density at radius 2 is 1.90 bits per heavy atom. The molecule has 0 unspecified atom stereocenters. The van der Waals surface area contributed by atoms with Crippen LogP contribution in [0.2, 0.25) is 0 Å². The van der Waals surface area contributed by atoms with Crippen LogP contribution in [-0.4, -0.2) is 23.1 Å². The number of hydrogen-bond acceptors (Lipinski definition) is 5. The molecular weight excluding hydrogens is 264 g/mol. The van der Waals surface area contributed by atoms with Gasteiger partial charge in [0.05, 0.1) is 6.61 Å². The van der Waals surface area contributed by atoms with Crippen molar-refractivity contribution in [2.24, 2.45) is 0 Å². The summed E-state index contributed by atoms with van der Waals surface area (Å²) in [7, 11) is 0. The van der Waals surface area contributed by atoms with E-state index in [-0.39, 0.29) is 0 Å². The zero-order valence-electron chi connectivity index (χ0n) is 12.6. The van der Waals surface area contributed by atoms with Crippen LogP contribution < -0.4 is 15.4 Å². The molecule has 0 saturated heterocycles. The first-order chi connectivity index (χ1) is 10.2. The minimum absolute atomic E-state index is 0.623. The Labute approximate surface area is 125 Å². The van der Waals surface area contributed by atoms with E-state index in [2.05, 4.69) is 28.7 Å². The lowest BCUT2D eigenvalue weighted by molar-refractivity contribution is 0.304. The fraction of sp³-hybridized carbons (Fsp3) is 0.375. The van der Waals surface area contributed by atoms with E-state index < -0.39 is 0 Å². The number of nitrogens with two attached hydrogens (primary N) is 1. The Kier molecular flexibility index (Phi) is 5.37. The van der Waals surface area contributed by atoms with Gasteiger partial charge < -0.3 is 15.4 Å². The average Bonchev–Trinajstić information content (AvgIpc) is 2.52. The fourth-order valence-corrected chi connectivity index (χ4v) is 1.94. The van der Waals surface area contributed by atoms with Crippen molar-refractivity contribution in [2.75, 3.05) is 23.8 Å². The Morgan fingerprint density at radius 1 is 1.14 bits per heavy atom. The summed E-state index contributed by atoms with van der Waals surface area (Å²) in [5, 5.41) is 0. The Hall–Kier alpha value is -2.30. The highest BCUT2D eigenvalue weighted by molar-refractivity contribution is 5.41. The second-order valence-electron chi connectivity index (χ2n) is 4.80. The third kappa shape index (κ3) is 4.34. The quantitative estimate of drug-likeness (QED) is 0.793. The maximum Gasteiger partial charge on any atom is 0.228 e. The van der Waals surface area contributed by atoms with Gasteiger partial charge in [0.15, 0.2) is 0 Å². The molecule has 5 nitrogen and oxygen atoms in total. The maximum absolute atomic E-state index is 5.71. The van der Waals surface area contributed by atoms with E-state index in [0.717, 1.165) is 25.2 Å². The molecule has 1 heterocycles. The molecule has 0 amide bonds. The van der Waals surface area contributed by atoms with Crippen LogP contribution in [0.25, 0.3) is 0 Å². The van der Waals surface area contributed by atoms with Crippen molar-refractivity contribution >= 4 is 11.6 Å². The van der Waals surface area contributed by atoms with Crippen LogP contribution in [0.15, 0.2) is 36.5 Å². The first-order valence-electron chi connectivity index (χ1n) is 7.28. The predicted octanol–water partition coefficient (Wildman–Crippen LogP) is 2.87. The van der Waals surface area contributed by atoms with Gasteiger partial charge >= 0.3 is 0 Å². The van der Waals surface area contributed by atoms with Gasteiger partial charge in [-0.15, -0.1) is 0 Å². The Bertz CT molecular complexity index is 556. The fourth-order valence-electron chi connectivity index (χ4n) is 1.94. The van der Waals surface area contributed by atoms with Gasteiger partial charge in [0.25, 0.3) is 0 Å². The lowest BCUT2D eigenvalue weighted by Crippen LogP contribution is -2.24. The molecule has 0 saturated carbocycles. The molecule has 21 heavy (non-hydrogen) atoms. The number of nitrogens with zero attached hydrogens (tertiary/aromatic N) is 3. The van der Waals surface area contributed by atoms with Crippen LogP contribution in [-0.2, 0) is 6.54 Å². The van der Waals surface area contributed by atoms with Gasteiger partial charge in [-0.25, -0.2) is 4.98 Å². The van der Waals surface area contributed by atoms with E-state index in [1.54, 1.807) is 12.3 Å². The lowest BCUT2D eigenvalue weighted by atomic mass is 10.2. The van der Waals surface area contributed by atoms with Crippen LogP contribution in [0.4, 0.5) is 11.6 Å². The van der Waals surface area contributed by atoms with Gasteiger partial charge in [-0.1, -0.05) is 19.1 Å². The molecule has 0 spiro atoms. The van der Waals surface area contributed by atoms with Gasteiger partial charge in [-0.3, -0.25) is 0 Å². The molecule has 1 aromatic carbocycles. The summed E-state index contributed by atoms with van der Waals surface area (Å²) in [6.45, 7) is 6.39. The Balaban J connectivity index is 2.11. The second-order valence-corrected chi connectivity index (χ2v) is 4.80. The minimum Gasteiger partial charge on any atom is -0.478 e. The summed E-state index contributed by atoms with van der Waals surface area (Å²) in [4.78, 5) is 10.9. The summed E-state index contributed by atoms with van der Waals surface area (Å²) >= 11 is 0. The van der Waals surface area contributed by atoms with Gasteiger partial charge in [0.1, 0.15) is 0 Å². The summed E-state index contributed by atoms with van der Waals surface area (Å²) in [5.74, 6) is 1.31. The molecule has 2 N–H and O–H groups in total. The molecule has 0 aliphatic rings. The predicted molar refractivity (Wildman–Crippen MR) is 85.4 cm³/mol. The molecule has 0 aliphatic carbocycles. The zero-order valence-corrected chi connectivity index (χ0v) is 12.6. The standard InChI is InChI=1S/C16H22N4O/c1-3-11-21-15-9-10-18-16(19-15)20(4-2)12-13-5-7-14(17)8-6-13/h5-10H,3-4,11-12,17H2,1-2H3. The zero-order chi connectivity index (χ0) is 15.1. The number of nitrogen functional groups attached to an aromatic ring is 1. The molecule has 2 aromatic rings. The third-order valence-corrected chi connectivity index (χ3v) is 3.09. The molecule has 0 atom stereocenters. The van der Waals surface area contributed by atoms with Crippen molar-refractivity contribution < 1.29 is 4.74 Å². The van der Waals surface area contributed by atoms with Crippen molar-refractivity contribution in [2.45, 2.75) is 26.8 Å². The van der Waals surface area contributed by atoms with Gasteiger partial charge in [0.2, 0.25) is 11.8 Å². The van der Waals surface area contributed by atoms with E-state index in [9.17, 15) is 0 Å². The number of benzene rings is 1. The van der Waals surface area contributed by atoms with Crippen LogP contribution in [0, 0.1) is 0 Å². The normalized spacial score (nSPS) is 10.4.